The van der Waals surface area contributed by atoms with Gasteiger partial charge in [0.1, 0.15) is 11.3 Å². The van der Waals surface area contributed by atoms with E-state index in [1.165, 1.54) is 18.7 Å². The number of aliphatic hydroxyl groups excluding tert-OH is 1. The van der Waals surface area contributed by atoms with E-state index in [0.717, 1.165) is 5.57 Å². The van der Waals surface area contributed by atoms with Gasteiger partial charge >= 0.3 is 5.97 Å². The van der Waals surface area contributed by atoms with Crippen LogP contribution in [0.1, 0.15) is 65.7 Å². The highest BCUT2D eigenvalue weighted by Crippen LogP contribution is 2.71. The molecule has 7 atom stereocenters. The van der Waals surface area contributed by atoms with Crippen molar-refractivity contribution in [3.05, 3.63) is 11.6 Å². The van der Waals surface area contributed by atoms with Gasteiger partial charge in [-0.15, -0.1) is 11.8 Å². The summed E-state index contributed by atoms with van der Waals surface area (Å²) in [7, 11) is 0. The summed E-state index contributed by atoms with van der Waals surface area (Å²) in [6, 6.07) is 0. The minimum absolute atomic E-state index is 0.0288. The standard InChI is InChI=1S/C25H35FO6S/c1-15(27)31-13-21(30)24(32-14-33-4)10-8-18-19-6-5-16-11-17(28)7-9-22(16,2)25(19,26)20(29)12-23(18,24)3/h11,18-20,29H,5-10,12-14H2,1-4H3/t18-,19-,20-,22-,23-,24-,25-/m0/s1. The first-order valence-corrected chi connectivity index (χ1v) is 13.3. The van der Waals surface area contributed by atoms with Crippen molar-refractivity contribution in [2.75, 3.05) is 18.8 Å². The lowest BCUT2D eigenvalue weighted by atomic mass is 9.44. The third-order valence-electron chi connectivity index (χ3n) is 9.44. The molecular weight excluding hydrogens is 447 g/mol. The summed E-state index contributed by atoms with van der Waals surface area (Å²) in [5, 5.41) is 11.5. The molecule has 0 bridgehead atoms. The molecule has 0 amide bonds. The Morgan fingerprint density at radius 3 is 2.61 bits per heavy atom. The van der Waals surface area contributed by atoms with E-state index >= 15 is 4.39 Å². The zero-order valence-corrected chi connectivity index (χ0v) is 20.8. The molecule has 0 radical (unpaired) electrons. The van der Waals surface area contributed by atoms with Gasteiger partial charge in [0.15, 0.2) is 12.4 Å². The van der Waals surface area contributed by atoms with E-state index in [0.29, 0.717) is 32.1 Å². The number of hydrogen-bond acceptors (Lipinski definition) is 7. The molecule has 33 heavy (non-hydrogen) atoms. The quantitative estimate of drug-likeness (QED) is 0.455. The van der Waals surface area contributed by atoms with Gasteiger partial charge in [0.2, 0.25) is 5.78 Å². The highest BCUT2D eigenvalue weighted by Gasteiger charge is 2.75. The first-order valence-electron chi connectivity index (χ1n) is 11.9. The number of hydrogen-bond donors (Lipinski definition) is 1. The Labute approximate surface area is 199 Å². The van der Waals surface area contributed by atoms with Crippen LogP contribution in [-0.4, -0.2) is 58.8 Å². The number of ketones is 2. The van der Waals surface area contributed by atoms with E-state index in [1.54, 1.807) is 6.08 Å². The van der Waals surface area contributed by atoms with Crippen molar-refractivity contribution in [1.29, 1.82) is 0 Å². The number of aliphatic hydroxyl groups is 1. The van der Waals surface area contributed by atoms with Crippen LogP contribution in [0.3, 0.4) is 0 Å². The van der Waals surface area contributed by atoms with Gasteiger partial charge in [-0.3, -0.25) is 14.4 Å². The summed E-state index contributed by atoms with van der Waals surface area (Å²) in [4.78, 5) is 36.9. The maximum atomic E-state index is 17.2. The molecule has 4 aliphatic carbocycles. The molecule has 3 fully saturated rings. The van der Waals surface area contributed by atoms with Gasteiger partial charge in [0, 0.05) is 30.1 Å². The molecule has 0 heterocycles. The second kappa shape index (κ2) is 8.45. The van der Waals surface area contributed by atoms with Gasteiger partial charge in [-0.2, -0.15) is 0 Å². The number of alkyl halides is 1. The molecule has 0 aromatic heterocycles. The predicted molar refractivity (Wildman–Crippen MR) is 122 cm³/mol. The zero-order valence-electron chi connectivity index (χ0n) is 19.9. The Kier molecular flexibility index (Phi) is 6.37. The Morgan fingerprint density at radius 1 is 1.21 bits per heavy atom. The molecule has 0 saturated heterocycles. The number of carbonyl (C=O) groups is 3. The second-order valence-corrected chi connectivity index (χ2v) is 11.6. The Morgan fingerprint density at radius 2 is 1.94 bits per heavy atom. The van der Waals surface area contributed by atoms with Crippen molar-refractivity contribution in [1.82, 2.24) is 0 Å². The molecule has 184 valence electrons. The molecule has 1 N–H and O–H groups in total. The second-order valence-electron chi connectivity index (χ2n) is 10.7. The summed E-state index contributed by atoms with van der Waals surface area (Å²) in [6.45, 7) is 4.67. The first-order chi connectivity index (χ1) is 15.5. The highest BCUT2D eigenvalue weighted by atomic mass is 32.2. The van der Waals surface area contributed by atoms with Crippen molar-refractivity contribution >= 4 is 29.3 Å². The van der Waals surface area contributed by atoms with E-state index in [4.69, 9.17) is 9.47 Å². The van der Waals surface area contributed by atoms with Crippen molar-refractivity contribution in [3.8, 4) is 0 Å². The minimum atomic E-state index is -1.86. The van der Waals surface area contributed by atoms with Gasteiger partial charge in [-0.25, -0.2) is 4.39 Å². The number of rotatable bonds is 6. The average molecular weight is 483 g/mol. The average Bonchev–Trinajstić information content (AvgIpc) is 3.05. The van der Waals surface area contributed by atoms with Gasteiger partial charge in [-0.1, -0.05) is 19.4 Å². The highest BCUT2D eigenvalue weighted by molar-refractivity contribution is 7.98. The molecule has 4 rings (SSSR count). The largest absolute Gasteiger partial charge is 0.458 e. The van der Waals surface area contributed by atoms with Crippen LogP contribution in [0.2, 0.25) is 0 Å². The minimum Gasteiger partial charge on any atom is -0.458 e. The van der Waals surface area contributed by atoms with Crippen LogP contribution < -0.4 is 0 Å². The fourth-order valence-corrected chi connectivity index (χ4v) is 8.10. The van der Waals surface area contributed by atoms with Crippen molar-refractivity contribution < 1.29 is 33.4 Å². The molecule has 3 saturated carbocycles. The molecule has 0 aromatic carbocycles. The van der Waals surface area contributed by atoms with Crippen molar-refractivity contribution in [3.63, 3.8) is 0 Å². The van der Waals surface area contributed by atoms with Gasteiger partial charge in [0.05, 0.1) is 12.0 Å². The number of thioether (sulfide) groups is 1. The van der Waals surface area contributed by atoms with Crippen LogP contribution in [0.5, 0.6) is 0 Å². The van der Waals surface area contributed by atoms with Crippen LogP contribution in [0, 0.1) is 22.7 Å². The number of carbonyl (C=O) groups excluding carboxylic acids is 3. The molecule has 4 aliphatic rings. The molecular formula is C25H35FO6S. The summed E-state index contributed by atoms with van der Waals surface area (Å²) < 4.78 is 28.5. The molecule has 0 unspecified atom stereocenters. The topological polar surface area (TPSA) is 89.9 Å². The summed E-state index contributed by atoms with van der Waals surface area (Å²) >= 11 is 1.45. The smallest absolute Gasteiger partial charge is 0.303 e. The van der Waals surface area contributed by atoms with Crippen LogP contribution in [-0.2, 0) is 23.9 Å². The Hall–Kier alpha value is -1.25. The number of fused-ring (bicyclic) bond motifs is 5. The van der Waals surface area contributed by atoms with E-state index in [9.17, 15) is 19.5 Å². The number of ether oxygens (including phenoxy) is 2. The van der Waals surface area contributed by atoms with Crippen LogP contribution in [0.15, 0.2) is 11.6 Å². The molecule has 0 spiro atoms. The zero-order chi connectivity index (χ0) is 24.2. The van der Waals surface area contributed by atoms with Crippen LogP contribution >= 0.6 is 11.8 Å². The number of halogens is 1. The Balaban J connectivity index is 1.74. The van der Waals surface area contributed by atoms with E-state index in [1.807, 2.05) is 20.1 Å². The first kappa shape index (κ1) is 24.9. The SMILES string of the molecule is CSCO[C@]1(C(=O)COC(C)=O)CC[C@H]2[C@@H]3CCC4=CC(=O)CC[C@]4(C)[C@@]3(F)[C@@H](O)C[C@@]21C. The fraction of sp³-hybridized carbons (Fsp3) is 0.800. The maximum absolute atomic E-state index is 17.2. The molecule has 8 heteroatoms. The Bertz CT molecular complexity index is 890. The van der Waals surface area contributed by atoms with E-state index < -0.39 is 40.1 Å². The van der Waals surface area contributed by atoms with E-state index in [-0.39, 0.29) is 42.9 Å². The lowest BCUT2D eigenvalue weighted by molar-refractivity contribution is -0.231. The third kappa shape index (κ3) is 3.38. The number of allylic oxidation sites excluding steroid dienone is 1. The van der Waals surface area contributed by atoms with Gasteiger partial charge < -0.3 is 14.6 Å². The monoisotopic (exact) mass is 482 g/mol. The maximum Gasteiger partial charge on any atom is 0.303 e. The van der Waals surface area contributed by atoms with Gasteiger partial charge in [-0.05, 0) is 56.8 Å². The lowest BCUT2D eigenvalue weighted by Gasteiger charge is -2.63. The summed E-state index contributed by atoms with van der Waals surface area (Å²) in [5.41, 5.74) is -3.97. The fourth-order valence-electron chi connectivity index (χ4n) is 7.78. The normalized spacial score (nSPS) is 44.4. The van der Waals surface area contributed by atoms with Gasteiger partial charge in [0.25, 0.3) is 0 Å². The predicted octanol–water partition coefficient (Wildman–Crippen LogP) is 3.79. The summed E-state index contributed by atoms with van der Waals surface area (Å²) in [5.74, 6) is -1.15. The molecule has 6 nitrogen and oxygen atoms in total. The number of Topliss-reactive ketones (excluding diaryl/α,β-unsaturated/α-hetero) is 1. The molecule has 0 aromatic rings. The van der Waals surface area contributed by atoms with Crippen molar-refractivity contribution in [2.24, 2.45) is 22.7 Å². The lowest BCUT2D eigenvalue weighted by Crippen LogP contribution is -2.70. The number of esters is 1. The van der Waals surface area contributed by atoms with Crippen molar-refractivity contribution in [2.45, 2.75) is 83.1 Å². The third-order valence-corrected chi connectivity index (χ3v) is 9.80. The van der Waals surface area contributed by atoms with Crippen LogP contribution in [0.4, 0.5) is 4.39 Å². The summed E-state index contributed by atoms with van der Waals surface area (Å²) in [6.07, 6.45) is 5.12. The van der Waals surface area contributed by atoms with Crippen LogP contribution in [0.25, 0.3) is 0 Å². The molecule has 0 aliphatic heterocycles. The van der Waals surface area contributed by atoms with E-state index in [2.05, 4.69) is 0 Å².